The second-order valence-corrected chi connectivity index (χ2v) is 6.54. The predicted octanol–water partition coefficient (Wildman–Crippen LogP) is 2.90. The summed E-state index contributed by atoms with van der Waals surface area (Å²) in [5, 5.41) is 14.1. The molecule has 2 N–H and O–H groups in total. The van der Waals surface area contributed by atoms with E-state index in [4.69, 9.17) is 14.7 Å². The van der Waals surface area contributed by atoms with Crippen LogP contribution in [0.15, 0.2) is 61.9 Å². The number of aromatic nitrogens is 2. The monoisotopic (exact) mass is 465 g/mol. The SMILES string of the molecule is C=CC(F)(F)COc1cc(OCC(F)(F)C=C)nc(C(=C)C(=O)NC2C=CC(C#N)=CN2)n1. The molecule has 2 rings (SSSR count). The Hall–Kier alpha value is -4.14. The van der Waals surface area contributed by atoms with Crippen molar-refractivity contribution in [2.24, 2.45) is 0 Å². The summed E-state index contributed by atoms with van der Waals surface area (Å²) in [6.07, 6.45) is 4.37. The third-order valence-electron chi connectivity index (χ3n) is 3.95. The number of nitrogens with zero attached hydrogens (tertiary/aromatic N) is 3. The van der Waals surface area contributed by atoms with Crippen LogP contribution in [0.1, 0.15) is 5.82 Å². The molecule has 1 aliphatic heterocycles. The Morgan fingerprint density at radius 1 is 1.18 bits per heavy atom. The smallest absolute Gasteiger partial charge is 0.299 e. The molecule has 0 bridgehead atoms. The number of alkyl halides is 4. The molecule has 12 heteroatoms. The Bertz CT molecular complexity index is 1000. The summed E-state index contributed by atoms with van der Waals surface area (Å²) in [5.41, 5.74) is 0.00322. The molecule has 0 saturated heterocycles. The van der Waals surface area contributed by atoms with Gasteiger partial charge < -0.3 is 20.1 Å². The Labute approximate surface area is 186 Å². The van der Waals surface area contributed by atoms with Gasteiger partial charge in [-0.05, 0) is 24.3 Å². The van der Waals surface area contributed by atoms with E-state index in [1.807, 2.05) is 6.07 Å². The minimum absolute atomic E-state index is 0.332. The zero-order chi connectivity index (χ0) is 24.6. The molecule has 174 valence electrons. The second kappa shape index (κ2) is 10.4. The Morgan fingerprint density at radius 2 is 1.73 bits per heavy atom. The van der Waals surface area contributed by atoms with Crippen LogP contribution >= 0.6 is 0 Å². The fraction of sp³-hybridized carbons (Fsp3) is 0.238. The molecule has 1 aromatic heterocycles. The van der Waals surface area contributed by atoms with Crippen LogP contribution in [0.5, 0.6) is 11.8 Å². The molecule has 1 atom stereocenters. The number of hydrogen-bond acceptors (Lipinski definition) is 7. The lowest BCUT2D eigenvalue weighted by Crippen LogP contribution is -2.43. The Balaban J connectivity index is 2.22. The highest BCUT2D eigenvalue weighted by Gasteiger charge is 2.28. The summed E-state index contributed by atoms with van der Waals surface area (Å²) in [7, 11) is 0. The van der Waals surface area contributed by atoms with Crippen LogP contribution in [0.25, 0.3) is 5.57 Å². The molecule has 0 aliphatic carbocycles. The largest absolute Gasteiger partial charge is 0.471 e. The number of halogens is 4. The minimum Gasteiger partial charge on any atom is -0.471 e. The number of hydrogen-bond donors (Lipinski definition) is 2. The first-order valence-corrected chi connectivity index (χ1v) is 9.21. The average Bonchev–Trinajstić information content (AvgIpc) is 2.81. The lowest BCUT2D eigenvalue weighted by molar-refractivity contribution is -0.116. The highest BCUT2D eigenvalue weighted by molar-refractivity contribution is 6.17. The van der Waals surface area contributed by atoms with Gasteiger partial charge in [0, 0.05) is 6.20 Å². The van der Waals surface area contributed by atoms with Crippen LogP contribution in [0.2, 0.25) is 0 Å². The number of carbonyl (C=O) groups is 1. The van der Waals surface area contributed by atoms with E-state index in [0.717, 1.165) is 6.07 Å². The molecule has 1 aliphatic rings. The van der Waals surface area contributed by atoms with Gasteiger partial charge in [0.2, 0.25) is 11.8 Å². The van der Waals surface area contributed by atoms with Crippen molar-refractivity contribution in [3.05, 3.63) is 67.7 Å². The number of rotatable bonds is 11. The lowest BCUT2D eigenvalue weighted by Gasteiger charge is -2.19. The highest BCUT2D eigenvalue weighted by atomic mass is 19.3. The summed E-state index contributed by atoms with van der Waals surface area (Å²) in [4.78, 5) is 20.2. The lowest BCUT2D eigenvalue weighted by atomic mass is 10.2. The van der Waals surface area contributed by atoms with Gasteiger partial charge >= 0.3 is 0 Å². The van der Waals surface area contributed by atoms with Gasteiger partial charge in [0.15, 0.2) is 19.0 Å². The molecule has 1 unspecified atom stereocenters. The molecule has 0 spiro atoms. The number of carbonyl (C=O) groups excluding carboxylic acids is 1. The Morgan fingerprint density at radius 3 is 2.15 bits per heavy atom. The van der Waals surface area contributed by atoms with Gasteiger partial charge in [-0.3, -0.25) is 4.79 Å². The molecule has 2 heterocycles. The van der Waals surface area contributed by atoms with Gasteiger partial charge in [-0.15, -0.1) is 0 Å². The number of dihydropyridines is 1. The van der Waals surface area contributed by atoms with Crippen LogP contribution in [-0.2, 0) is 4.79 Å². The third kappa shape index (κ3) is 7.49. The van der Waals surface area contributed by atoms with Gasteiger partial charge in [0.25, 0.3) is 17.8 Å². The maximum absolute atomic E-state index is 13.4. The molecule has 33 heavy (non-hydrogen) atoms. The first-order valence-electron chi connectivity index (χ1n) is 9.21. The van der Waals surface area contributed by atoms with E-state index in [1.165, 1.54) is 18.4 Å². The van der Waals surface area contributed by atoms with Crippen molar-refractivity contribution >= 4 is 11.5 Å². The first kappa shape index (κ1) is 25.1. The molecule has 0 radical (unpaired) electrons. The quantitative estimate of drug-likeness (QED) is 0.294. The van der Waals surface area contributed by atoms with E-state index >= 15 is 0 Å². The maximum atomic E-state index is 13.4. The van der Waals surface area contributed by atoms with Crippen molar-refractivity contribution in [2.45, 2.75) is 18.0 Å². The predicted molar refractivity (Wildman–Crippen MR) is 110 cm³/mol. The highest BCUT2D eigenvalue weighted by Crippen LogP contribution is 2.24. The standard InChI is InChI=1S/C21H19F4N5O3/c1-4-20(22,23)11-32-16-8-17(33-12-21(24,25)5-2)30-18(29-16)13(3)19(31)28-15-7-6-14(9-26)10-27-15/h4-8,10,15,27H,1-3,11-12H2,(H,28,31). The van der Waals surface area contributed by atoms with Gasteiger partial charge in [-0.1, -0.05) is 19.7 Å². The zero-order valence-corrected chi connectivity index (χ0v) is 17.2. The fourth-order valence-corrected chi connectivity index (χ4v) is 2.12. The molecule has 0 saturated carbocycles. The normalized spacial score (nSPS) is 15.4. The summed E-state index contributed by atoms with van der Waals surface area (Å²) >= 11 is 0. The third-order valence-corrected chi connectivity index (χ3v) is 3.95. The van der Waals surface area contributed by atoms with Crippen molar-refractivity contribution in [2.75, 3.05) is 13.2 Å². The van der Waals surface area contributed by atoms with E-state index in [1.54, 1.807) is 0 Å². The summed E-state index contributed by atoms with van der Waals surface area (Å²) in [6.45, 7) is 7.21. The molecule has 0 aromatic carbocycles. The van der Waals surface area contributed by atoms with Crippen molar-refractivity contribution in [3.63, 3.8) is 0 Å². The molecular weight excluding hydrogens is 446 g/mol. The summed E-state index contributed by atoms with van der Waals surface area (Å²) in [6, 6.07) is 2.82. The molecule has 1 aromatic rings. The van der Waals surface area contributed by atoms with Crippen molar-refractivity contribution in [3.8, 4) is 17.8 Å². The maximum Gasteiger partial charge on any atom is 0.299 e. The summed E-state index contributed by atoms with van der Waals surface area (Å²) < 4.78 is 63.6. The van der Waals surface area contributed by atoms with Gasteiger partial charge in [-0.2, -0.15) is 32.8 Å². The van der Waals surface area contributed by atoms with E-state index in [0.29, 0.717) is 17.7 Å². The van der Waals surface area contributed by atoms with Crippen molar-refractivity contribution < 1.29 is 31.8 Å². The minimum atomic E-state index is -3.40. The molecule has 0 fully saturated rings. The molecular formula is C21H19F4N5O3. The van der Waals surface area contributed by atoms with Gasteiger partial charge in [-0.25, -0.2) is 0 Å². The van der Waals surface area contributed by atoms with Crippen LogP contribution in [-0.4, -0.2) is 47.1 Å². The van der Waals surface area contributed by atoms with Crippen molar-refractivity contribution in [1.29, 1.82) is 5.26 Å². The van der Waals surface area contributed by atoms with Crippen LogP contribution in [0, 0.1) is 11.3 Å². The summed E-state index contributed by atoms with van der Waals surface area (Å²) in [5.74, 6) is -8.91. The van der Waals surface area contributed by atoms with E-state index < -0.39 is 54.7 Å². The van der Waals surface area contributed by atoms with Crippen LogP contribution < -0.4 is 20.1 Å². The topological polar surface area (TPSA) is 109 Å². The molecule has 1 amide bonds. The van der Waals surface area contributed by atoms with E-state index in [-0.39, 0.29) is 5.57 Å². The zero-order valence-electron chi connectivity index (χ0n) is 17.2. The first-order chi connectivity index (χ1) is 15.5. The number of allylic oxidation sites excluding steroid dienone is 2. The Kier molecular flexibility index (Phi) is 7.95. The molecule has 8 nitrogen and oxygen atoms in total. The van der Waals surface area contributed by atoms with E-state index in [9.17, 15) is 22.4 Å². The van der Waals surface area contributed by atoms with Gasteiger partial charge in [0.05, 0.1) is 17.2 Å². The number of nitrogens with one attached hydrogen (secondary N) is 2. The van der Waals surface area contributed by atoms with Crippen LogP contribution in [0.4, 0.5) is 17.6 Å². The fourth-order valence-electron chi connectivity index (χ4n) is 2.12. The van der Waals surface area contributed by atoms with E-state index in [2.05, 4.69) is 40.3 Å². The average molecular weight is 465 g/mol. The number of amides is 1. The van der Waals surface area contributed by atoms with Crippen LogP contribution in [0.3, 0.4) is 0 Å². The second-order valence-electron chi connectivity index (χ2n) is 6.54. The number of nitriles is 1. The van der Waals surface area contributed by atoms with Crippen molar-refractivity contribution in [1.82, 2.24) is 20.6 Å². The number of ether oxygens (including phenoxy) is 2. The van der Waals surface area contributed by atoms with Gasteiger partial charge in [0.1, 0.15) is 12.2 Å².